The smallest absolute Gasteiger partial charge is 0.144 e. The van der Waals surface area contributed by atoms with Crippen molar-refractivity contribution in [1.82, 2.24) is 4.90 Å². The van der Waals surface area contributed by atoms with Crippen molar-refractivity contribution in [2.75, 3.05) is 51.0 Å². The molecule has 0 saturated carbocycles. The zero-order chi connectivity index (χ0) is 14.3. The fourth-order valence-electron chi connectivity index (χ4n) is 2.12. The summed E-state index contributed by atoms with van der Waals surface area (Å²) in [6.45, 7) is 7.81. The van der Waals surface area contributed by atoms with Crippen LogP contribution in [0.2, 0.25) is 0 Å². The Hall–Kier alpha value is -1.42. The molecule has 1 rings (SSSR count). The van der Waals surface area contributed by atoms with Crippen molar-refractivity contribution in [3.63, 3.8) is 0 Å². The zero-order valence-corrected chi connectivity index (χ0v) is 12.6. The van der Waals surface area contributed by atoms with Gasteiger partial charge in [-0.25, -0.2) is 0 Å². The summed E-state index contributed by atoms with van der Waals surface area (Å²) in [5.41, 5.74) is 8.02. The Kier molecular flexibility index (Phi) is 6.50. The number of anilines is 2. The van der Waals surface area contributed by atoms with Crippen molar-refractivity contribution in [3.8, 4) is 5.75 Å². The van der Waals surface area contributed by atoms with Gasteiger partial charge in [0, 0.05) is 13.1 Å². The average Bonchev–Trinajstić information content (AvgIpc) is 2.38. The third-order valence-corrected chi connectivity index (χ3v) is 3.10. The van der Waals surface area contributed by atoms with Gasteiger partial charge < -0.3 is 20.3 Å². The molecule has 0 amide bonds. The molecule has 1 aromatic carbocycles. The van der Waals surface area contributed by atoms with Crippen molar-refractivity contribution < 1.29 is 4.74 Å². The number of para-hydroxylation sites is 1. The lowest BCUT2D eigenvalue weighted by Gasteiger charge is -2.26. The molecule has 0 radical (unpaired) electrons. The monoisotopic (exact) mass is 265 g/mol. The van der Waals surface area contributed by atoms with E-state index in [0.717, 1.165) is 43.2 Å². The molecule has 4 heteroatoms. The van der Waals surface area contributed by atoms with E-state index < -0.39 is 0 Å². The van der Waals surface area contributed by atoms with Gasteiger partial charge in [0.2, 0.25) is 0 Å². The lowest BCUT2D eigenvalue weighted by atomic mass is 10.2. The second kappa shape index (κ2) is 7.89. The first-order chi connectivity index (χ1) is 9.10. The molecule has 19 heavy (non-hydrogen) atoms. The average molecular weight is 265 g/mol. The summed E-state index contributed by atoms with van der Waals surface area (Å²) in [6, 6.07) is 6.00. The predicted octanol–water partition coefficient (Wildman–Crippen LogP) is 2.45. The fourth-order valence-corrected chi connectivity index (χ4v) is 2.12. The topological polar surface area (TPSA) is 41.7 Å². The van der Waals surface area contributed by atoms with E-state index in [1.54, 1.807) is 0 Å². The number of rotatable bonds is 8. The molecule has 0 heterocycles. The van der Waals surface area contributed by atoms with E-state index >= 15 is 0 Å². The summed E-state index contributed by atoms with van der Waals surface area (Å²) in [4.78, 5) is 4.51. The highest BCUT2D eigenvalue weighted by molar-refractivity contribution is 5.74. The number of nitrogen functional groups attached to an aromatic ring is 1. The molecule has 1 aromatic rings. The van der Waals surface area contributed by atoms with Crippen LogP contribution in [0.3, 0.4) is 0 Å². The van der Waals surface area contributed by atoms with Gasteiger partial charge in [-0.1, -0.05) is 6.07 Å². The van der Waals surface area contributed by atoms with Gasteiger partial charge in [0.25, 0.3) is 0 Å². The molecule has 0 aliphatic heterocycles. The summed E-state index contributed by atoms with van der Waals surface area (Å²) in [5.74, 6) is 0.783. The second-order valence-corrected chi connectivity index (χ2v) is 4.86. The van der Waals surface area contributed by atoms with Crippen molar-refractivity contribution in [2.24, 2.45) is 0 Å². The summed E-state index contributed by atoms with van der Waals surface area (Å²) < 4.78 is 5.55. The van der Waals surface area contributed by atoms with Gasteiger partial charge in [0.1, 0.15) is 5.75 Å². The molecule has 0 spiro atoms. The maximum absolute atomic E-state index is 6.20. The summed E-state index contributed by atoms with van der Waals surface area (Å²) in [5, 5.41) is 0. The van der Waals surface area contributed by atoms with E-state index in [9.17, 15) is 0 Å². The molecule has 0 bridgehead atoms. The molecular weight excluding hydrogens is 238 g/mol. The van der Waals surface area contributed by atoms with Crippen molar-refractivity contribution in [2.45, 2.75) is 20.3 Å². The van der Waals surface area contributed by atoms with E-state index in [4.69, 9.17) is 10.5 Å². The van der Waals surface area contributed by atoms with E-state index in [1.165, 1.54) is 0 Å². The first-order valence-corrected chi connectivity index (χ1v) is 7.01. The van der Waals surface area contributed by atoms with E-state index in [1.807, 2.05) is 19.1 Å². The van der Waals surface area contributed by atoms with Crippen molar-refractivity contribution >= 4 is 11.4 Å². The van der Waals surface area contributed by atoms with Gasteiger partial charge in [-0.3, -0.25) is 0 Å². The number of ether oxygens (including phenoxy) is 1. The van der Waals surface area contributed by atoms with Gasteiger partial charge in [-0.2, -0.15) is 0 Å². The fraction of sp³-hybridized carbons (Fsp3) is 0.600. The first kappa shape index (κ1) is 15.6. The third kappa shape index (κ3) is 4.63. The van der Waals surface area contributed by atoms with E-state index in [0.29, 0.717) is 6.61 Å². The molecule has 108 valence electrons. The van der Waals surface area contributed by atoms with Crippen LogP contribution in [-0.2, 0) is 0 Å². The zero-order valence-electron chi connectivity index (χ0n) is 12.6. The Morgan fingerprint density at radius 1 is 1.16 bits per heavy atom. The normalized spacial score (nSPS) is 10.8. The molecular formula is C15H27N3O. The maximum atomic E-state index is 6.20. The van der Waals surface area contributed by atoms with Gasteiger partial charge >= 0.3 is 0 Å². The lowest BCUT2D eigenvalue weighted by molar-refractivity contribution is 0.342. The molecule has 2 N–H and O–H groups in total. The summed E-state index contributed by atoms with van der Waals surface area (Å²) in [6.07, 6.45) is 1.12. The molecule has 0 aliphatic carbocycles. The van der Waals surface area contributed by atoms with Crippen LogP contribution in [0.5, 0.6) is 5.75 Å². The summed E-state index contributed by atoms with van der Waals surface area (Å²) >= 11 is 0. The Balaban J connectivity index is 2.77. The molecule has 0 saturated heterocycles. The van der Waals surface area contributed by atoms with Crippen LogP contribution in [0.15, 0.2) is 18.2 Å². The van der Waals surface area contributed by atoms with E-state index in [2.05, 4.69) is 36.9 Å². The minimum absolute atomic E-state index is 0.639. The van der Waals surface area contributed by atoms with Crippen LogP contribution in [0.1, 0.15) is 20.3 Å². The Labute approximate surface area is 117 Å². The quantitative estimate of drug-likeness (QED) is 0.733. The first-order valence-electron chi connectivity index (χ1n) is 7.01. The molecule has 0 aliphatic rings. The van der Waals surface area contributed by atoms with Crippen molar-refractivity contribution in [1.29, 1.82) is 0 Å². The Morgan fingerprint density at radius 3 is 2.47 bits per heavy atom. The highest BCUT2D eigenvalue weighted by Crippen LogP contribution is 2.32. The number of hydrogen-bond donors (Lipinski definition) is 1. The maximum Gasteiger partial charge on any atom is 0.144 e. The standard InChI is InChI=1S/C15H27N3O/c1-5-18(12-8-11-17(3)4)13-9-7-10-14(15(13)16)19-6-2/h7,9-10H,5-6,8,11-12,16H2,1-4H3. The molecule has 0 unspecified atom stereocenters. The number of nitrogens with two attached hydrogens (primary N) is 1. The molecule has 0 atom stereocenters. The van der Waals surface area contributed by atoms with E-state index in [-0.39, 0.29) is 0 Å². The van der Waals surface area contributed by atoms with Gasteiger partial charge in [-0.05, 0) is 53.0 Å². The van der Waals surface area contributed by atoms with Crippen LogP contribution in [0.25, 0.3) is 0 Å². The van der Waals surface area contributed by atoms with Gasteiger partial charge in [0.05, 0.1) is 18.0 Å². The molecule has 0 aromatic heterocycles. The number of benzene rings is 1. The van der Waals surface area contributed by atoms with Crippen molar-refractivity contribution in [3.05, 3.63) is 18.2 Å². The van der Waals surface area contributed by atoms with Gasteiger partial charge in [0.15, 0.2) is 0 Å². The Morgan fingerprint density at radius 2 is 1.89 bits per heavy atom. The highest BCUT2D eigenvalue weighted by atomic mass is 16.5. The SMILES string of the molecule is CCOc1cccc(N(CC)CCCN(C)C)c1N. The lowest BCUT2D eigenvalue weighted by Crippen LogP contribution is -2.27. The van der Waals surface area contributed by atoms with Crippen LogP contribution in [0, 0.1) is 0 Å². The van der Waals surface area contributed by atoms with Crippen LogP contribution in [-0.4, -0.2) is 45.2 Å². The largest absolute Gasteiger partial charge is 0.492 e. The number of hydrogen-bond acceptors (Lipinski definition) is 4. The summed E-state index contributed by atoms with van der Waals surface area (Å²) in [7, 11) is 4.20. The molecule has 0 fully saturated rings. The number of nitrogens with zero attached hydrogens (tertiary/aromatic N) is 2. The molecule has 4 nitrogen and oxygen atoms in total. The Bertz CT molecular complexity index is 380. The predicted molar refractivity (Wildman–Crippen MR) is 83.1 cm³/mol. The van der Waals surface area contributed by atoms with Crippen LogP contribution in [0.4, 0.5) is 11.4 Å². The minimum atomic E-state index is 0.639. The second-order valence-electron chi connectivity index (χ2n) is 4.86. The van der Waals surface area contributed by atoms with Crippen LogP contribution >= 0.6 is 0 Å². The van der Waals surface area contributed by atoms with Crippen LogP contribution < -0.4 is 15.4 Å². The highest BCUT2D eigenvalue weighted by Gasteiger charge is 2.11. The van der Waals surface area contributed by atoms with Gasteiger partial charge in [-0.15, -0.1) is 0 Å². The minimum Gasteiger partial charge on any atom is -0.492 e. The third-order valence-electron chi connectivity index (χ3n) is 3.10.